The van der Waals surface area contributed by atoms with E-state index in [1.807, 2.05) is 30.5 Å². The molecule has 0 N–H and O–H groups in total. The Morgan fingerprint density at radius 1 is 1.35 bits per heavy atom. The van der Waals surface area contributed by atoms with E-state index in [2.05, 4.69) is 15.0 Å². The molecule has 0 fully saturated rings. The molecule has 0 radical (unpaired) electrons. The number of aryl methyl sites for hydroxylation is 1. The van der Waals surface area contributed by atoms with Crippen LogP contribution >= 0.6 is 11.3 Å². The van der Waals surface area contributed by atoms with E-state index in [0.717, 1.165) is 41.1 Å². The maximum Gasteiger partial charge on any atom is 0.246 e. The van der Waals surface area contributed by atoms with Crippen molar-refractivity contribution < 1.29 is 8.91 Å². The third kappa shape index (κ3) is 2.63. The maximum atomic E-state index is 14.1. The lowest BCUT2D eigenvalue weighted by Crippen LogP contribution is -2.30. The summed E-state index contributed by atoms with van der Waals surface area (Å²) in [5.74, 6) is 1.05. The van der Waals surface area contributed by atoms with Gasteiger partial charge in [0, 0.05) is 17.8 Å². The van der Waals surface area contributed by atoms with Gasteiger partial charge in [-0.05, 0) is 42.8 Å². The first-order valence-corrected chi connectivity index (χ1v) is 8.50. The number of anilines is 1. The van der Waals surface area contributed by atoms with E-state index in [1.165, 1.54) is 0 Å². The number of halogens is 1. The zero-order valence-corrected chi connectivity index (χ0v) is 13.6. The van der Waals surface area contributed by atoms with Crippen LogP contribution in [0.4, 0.5) is 10.1 Å². The summed E-state index contributed by atoms with van der Waals surface area (Å²) >= 11 is 1.58. The van der Waals surface area contributed by atoms with E-state index in [0.29, 0.717) is 18.3 Å². The second-order valence-corrected chi connectivity index (χ2v) is 6.65. The molecule has 118 valence electrons. The summed E-state index contributed by atoms with van der Waals surface area (Å²) in [6.07, 6.45) is 1.71. The van der Waals surface area contributed by atoms with Crippen LogP contribution in [0.25, 0.3) is 10.7 Å². The molecule has 0 unspecified atom stereocenters. The quantitative estimate of drug-likeness (QED) is 0.722. The first kappa shape index (κ1) is 14.4. The fraction of sp³-hybridized carbons (Fsp3) is 0.294. The third-order valence-electron chi connectivity index (χ3n) is 4.13. The van der Waals surface area contributed by atoms with Crippen LogP contribution in [0, 0.1) is 12.7 Å². The van der Waals surface area contributed by atoms with Gasteiger partial charge in [-0.3, -0.25) is 0 Å². The van der Waals surface area contributed by atoms with Crippen molar-refractivity contribution >= 4 is 17.0 Å². The number of benzene rings is 1. The molecule has 3 aromatic rings. The molecule has 4 rings (SSSR count). The Labute approximate surface area is 137 Å². The monoisotopic (exact) mass is 329 g/mol. The Morgan fingerprint density at radius 3 is 3.09 bits per heavy atom. The lowest BCUT2D eigenvalue weighted by Gasteiger charge is -2.31. The van der Waals surface area contributed by atoms with Crippen molar-refractivity contribution in [3.05, 3.63) is 52.5 Å². The smallest absolute Gasteiger partial charge is 0.246 e. The summed E-state index contributed by atoms with van der Waals surface area (Å²) < 4.78 is 19.5. The molecular formula is C17H16FN3OS. The molecule has 2 aromatic heterocycles. The first-order chi connectivity index (χ1) is 11.2. The summed E-state index contributed by atoms with van der Waals surface area (Å²) in [4.78, 5) is 7.60. The number of aromatic nitrogens is 2. The fourth-order valence-corrected chi connectivity index (χ4v) is 3.76. The minimum Gasteiger partial charge on any atom is -0.362 e. The van der Waals surface area contributed by atoms with E-state index in [9.17, 15) is 4.39 Å². The number of hydrogen-bond donors (Lipinski definition) is 0. The number of rotatable bonds is 3. The van der Waals surface area contributed by atoms with Gasteiger partial charge in [-0.2, -0.15) is 4.98 Å². The molecule has 0 saturated heterocycles. The van der Waals surface area contributed by atoms with Gasteiger partial charge in [0.2, 0.25) is 11.7 Å². The van der Waals surface area contributed by atoms with Gasteiger partial charge in [0.15, 0.2) is 0 Å². The van der Waals surface area contributed by atoms with Crippen molar-refractivity contribution in [2.45, 2.75) is 26.3 Å². The highest BCUT2D eigenvalue weighted by Crippen LogP contribution is 2.33. The van der Waals surface area contributed by atoms with Crippen molar-refractivity contribution in [1.82, 2.24) is 10.1 Å². The summed E-state index contributed by atoms with van der Waals surface area (Å²) in [5, 5.41) is 6.03. The average molecular weight is 329 g/mol. The molecule has 6 heteroatoms. The van der Waals surface area contributed by atoms with E-state index < -0.39 is 0 Å². The summed E-state index contributed by atoms with van der Waals surface area (Å²) in [5.41, 5.74) is 2.86. The highest BCUT2D eigenvalue weighted by molar-refractivity contribution is 7.13. The molecule has 1 aliphatic rings. The van der Waals surface area contributed by atoms with Crippen LogP contribution in [0.1, 0.15) is 23.4 Å². The zero-order chi connectivity index (χ0) is 15.8. The molecule has 0 saturated carbocycles. The topological polar surface area (TPSA) is 42.2 Å². The predicted octanol–water partition coefficient (Wildman–Crippen LogP) is 4.20. The number of hydrogen-bond acceptors (Lipinski definition) is 5. The largest absolute Gasteiger partial charge is 0.362 e. The standard InChI is InChI=1S/C17H16FN3OS/c1-11-6-7-13(18)12-4-2-8-21(16(11)12)10-15-19-17(20-22-15)14-5-3-9-23-14/h3,5-7,9H,2,4,8,10H2,1H3. The SMILES string of the molecule is Cc1ccc(F)c2c1N(Cc1nc(-c3cccs3)no1)CCC2. The van der Waals surface area contributed by atoms with Crippen LogP contribution in [0.3, 0.4) is 0 Å². The van der Waals surface area contributed by atoms with Crippen molar-refractivity contribution in [1.29, 1.82) is 0 Å². The third-order valence-corrected chi connectivity index (χ3v) is 5.00. The molecular weight excluding hydrogens is 313 g/mol. The highest BCUT2D eigenvalue weighted by Gasteiger charge is 2.23. The van der Waals surface area contributed by atoms with Crippen LogP contribution in [0.15, 0.2) is 34.2 Å². The molecule has 3 heterocycles. The van der Waals surface area contributed by atoms with Crippen molar-refractivity contribution in [3.8, 4) is 10.7 Å². The van der Waals surface area contributed by atoms with Gasteiger partial charge in [0.1, 0.15) is 5.82 Å². The number of fused-ring (bicyclic) bond motifs is 1. The maximum absolute atomic E-state index is 14.1. The van der Waals surface area contributed by atoms with E-state index in [1.54, 1.807) is 17.4 Å². The van der Waals surface area contributed by atoms with Crippen LogP contribution in [0.5, 0.6) is 0 Å². The minimum absolute atomic E-state index is 0.125. The molecule has 0 atom stereocenters. The molecule has 0 aliphatic carbocycles. The zero-order valence-electron chi connectivity index (χ0n) is 12.8. The first-order valence-electron chi connectivity index (χ1n) is 7.62. The van der Waals surface area contributed by atoms with Gasteiger partial charge in [0.05, 0.1) is 11.4 Å². The Hall–Kier alpha value is -2.21. The normalized spacial score (nSPS) is 14.1. The Kier molecular flexibility index (Phi) is 3.61. The van der Waals surface area contributed by atoms with Crippen molar-refractivity contribution in [3.63, 3.8) is 0 Å². The van der Waals surface area contributed by atoms with Gasteiger partial charge in [-0.15, -0.1) is 11.3 Å². The molecule has 1 aliphatic heterocycles. The second kappa shape index (κ2) is 5.77. The molecule has 4 nitrogen and oxygen atoms in total. The van der Waals surface area contributed by atoms with E-state index in [4.69, 9.17) is 4.52 Å². The van der Waals surface area contributed by atoms with Gasteiger partial charge in [-0.25, -0.2) is 4.39 Å². The molecule has 0 bridgehead atoms. The summed E-state index contributed by atoms with van der Waals surface area (Å²) in [6, 6.07) is 7.31. The average Bonchev–Trinajstić information content (AvgIpc) is 3.22. The Bertz CT molecular complexity index is 828. The van der Waals surface area contributed by atoms with Crippen molar-refractivity contribution in [2.24, 2.45) is 0 Å². The van der Waals surface area contributed by atoms with Crippen LogP contribution in [0.2, 0.25) is 0 Å². The molecule has 0 amide bonds. The van der Waals surface area contributed by atoms with Crippen LogP contribution < -0.4 is 4.90 Å². The predicted molar refractivity (Wildman–Crippen MR) is 88.1 cm³/mol. The van der Waals surface area contributed by atoms with Crippen molar-refractivity contribution in [2.75, 3.05) is 11.4 Å². The van der Waals surface area contributed by atoms with Gasteiger partial charge in [-0.1, -0.05) is 17.3 Å². The lowest BCUT2D eigenvalue weighted by molar-refractivity contribution is 0.375. The molecule has 1 aromatic carbocycles. The molecule has 23 heavy (non-hydrogen) atoms. The van der Waals surface area contributed by atoms with Gasteiger partial charge >= 0.3 is 0 Å². The number of thiophene rings is 1. The van der Waals surface area contributed by atoms with Gasteiger partial charge < -0.3 is 9.42 Å². The van der Waals surface area contributed by atoms with Crippen LogP contribution in [-0.4, -0.2) is 16.7 Å². The number of nitrogens with zero attached hydrogens (tertiary/aromatic N) is 3. The Morgan fingerprint density at radius 2 is 2.26 bits per heavy atom. The molecule has 0 spiro atoms. The highest BCUT2D eigenvalue weighted by atomic mass is 32.1. The summed E-state index contributed by atoms with van der Waals surface area (Å²) in [6.45, 7) is 3.39. The van der Waals surface area contributed by atoms with Crippen LogP contribution in [-0.2, 0) is 13.0 Å². The minimum atomic E-state index is -0.125. The lowest BCUT2D eigenvalue weighted by atomic mass is 9.97. The van der Waals surface area contributed by atoms with E-state index >= 15 is 0 Å². The summed E-state index contributed by atoms with van der Waals surface area (Å²) in [7, 11) is 0. The second-order valence-electron chi connectivity index (χ2n) is 5.71. The fourth-order valence-electron chi connectivity index (χ4n) is 3.11. The van der Waals surface area contributed by atoms with Gasteiger partial charge in [0.25, 0.3) is 0 Å². The Balaban J connectivity index is 1.63. The van der Waals surface area contributed by atoms with E-state index in [-0.39, 0.29) is 5.82 Å².